The third-order valence-electron chi connectivity index (χ3n) is 5.74. The quantitative estimate of drug-likeness (QED) is 0.514. The Bertz CT molecular complexity index is 929. The molecule has 1 saturated carbocycles. The van der Waals surface area contributed by atoms with Crippen LogP contribution in [-0.2, 0) is 13.2 Å². The van der Waals surface area contributed by atoms with Crippen molar-refractivity contribution in [3.8, 4) is 11.5 Å². The molecule has 174 valence electrons. The largest absolute Gasteiger partial charge is 0.490 e. The standard InChI is InChI=1S/C23H27ClFN3O3.ClH/c1-2-30-21-10-15(12-26-17-7-8-19-20(11-17)28-23(29)27-19)9-18(24)22(21)31-13-14-3-5-16(25)6-4-14;/h3-6,9-10,17,19-20,26H,2,7-8,11-13H2,1H3,(H2,27,28,29);1H. The number of fused-ring (bicyclic) bond motifs is 1. The maximum absolute atomic E-state index is 13.1. The second-order valence-corrected chi connectivity index (χ2v) is 8.38. The predicted octanol–water partition coefficient (Wildman–Crippen LogP) is 4.57. The Morgan fingerprint density at radius 2 is 1.84 bits per heavy atom. The summed E-state index contributed by atoms with van der Waals surface area (Å²) in [6.07, 6.45) is 2.87. The molecule has 2 aliphatic rings. The number of carbonyl (C=O) groups is 1. The van der Waals surface area contributed by atoms with E-state index < -0.39 is 0 Å². The van der Waals surface area contributed by atoms with E-state index in [-0.39, 0.29) is 42.9 Å². The van der Waals surface area contributed by atoms with Gasteiger partial charge in [-0.25, -0.2) is 9.18 Å². The van der Waals surface area contributed by atoms with Crippen molar-refractivity contribution in [2.45, 2.75) is 57.5 Å². The molecule has 2 fully saturated rings. The van der Waals surface area contributed by atoms with Crippen molar-refractivity contribution < 1.29 is 18.7 Å². The van der Waals surface area contributed by atoms with Crippen LogP contribution in [0.5, 0.6) is 11.5 Å². The van der Waals surface area contributed by atoms with Crippen LogP contribution < -0.4 is 25.4 Å². The van der Waals surface area contributed by atoms with Gasteiger partial charge in [-0.1, -0.05) is 23.7 Å². The van der Waals surface area contributed by atoms with E-state index in [1.807, 2.05) is 19.1 Å². The molecule has 32 heavy (non-hydrogen) atoms. The lowest BCUT2D eigenvalue weighted by atomic mass is 9.88. The van der Waals surface area contributed by atoms with Gasteiger partial charge >= 0.3 is 6.03 Å². The molecule has 2 aromatic carbocycles. The lowest BCUT2D eigenvalue weighted by molar-refractivity contribution is 0.247. The molecule has 0 bridgehead atoms. The number of urea groups is 1. The fourth-order valence-corrected chi connectivity index (χ4v) is 4.48. The van der Waals surface area contributed by atoms with Crippen LogP contribution in [0.4, 0.5) is 9.18 Å². The lowest BCUT2D eigenvalue weighted by Gasteiger charge is -2.31. The number of hydrogen-bond acceptors (Lipinski definition) is 4. The summed E-state index contributed by atoms with van der Waals surface area (Å²) in [6, 6.07) is 10.7. The molecule has 1 saturated heterocycles. The second kappa shape index (κ2) is 11.1. The Morgan fingerprint density at radius 1 is 1.09 bits per heavy atom. The molecule has 0 radical (unpaired) electrons. The first-order valence-corrected chi connectivity index (χ1v) is 11.0. The summed E-state index contributed by atoms with van der Waals surface area (Å²) < 4.78 is 24.8. The van der Waals surface area contributed by atoms with Crippen LogP contribution >= 0.6 is 24.0 Å². The van der Waals surface area contributed by atoms with Crippen molar-refractivity contribution >= 4 is 30.0 Å². The third-order valence-corrected chi connectivity index (χ3v) is 6.02. The van der Waals surface area contributed by atoms with Crippen LogP contribution in [-0.4, -0.2) is 30.8 Å². The highest BCUT2D eigenvalue weighted by atomic mass is 35.5. The fourth-order valence-electron chi connectivity index (χ4n) is 4.19. The number of amides is 2. The number of rotatable bonds is 8. The molecule has 1 aliphatic heterocycles. The Labute approximate surface area is 198 Å². The number of benzene rings is 2. The molecule has 3 atom stereocenters. The average molecular weight is 484 g/mol. The van der Waals surface area contributed by atoms with E-state index >= 15 is 0 Å². The summed E-state index contributed by atoms with van der Waals surface area (Å²) in [7, 11) is 0. The molecule has 3 unspecified atom stereocenters. The van der Waals surface area contributed by atoms with E-state index in [2.05, 4.69) is 16.0 Å². The van der Waals surface area contributed by atoms with Gasteiger partial charge in [0.25, 0.3) is 0 Å². The first-order valence-electron chi connectivity index (χ1n) is 10.6. The molecule has 0 aromatic heterocycles. The van der Waals surface area contributed by atoms with Crippen molar-refractivity contribution in [3.05, 3.63) is 58.4 Å². The molecule has 3 N–H and O–H groups in total. The molecule has 6 nitrogen and oxygen atoms in total. The normalized spacial score (nSPS) is 21.7. The highest BCUT2D eigenvalue weighted by Gasteiger charge is 2.36. The first-order chi connectivity index (χ1) is 15.0. The van der Waals surface area contributed by atoms with Crippen molar-refractivity contribution in [3.63, 3.8) is 0 Å². The van der Waals surface area contributed by atoms with Gasteiger partial charge < -0.3 is 25.4 Å². The van der Waals surface area contributed by atoms with Crippen LogP contribution in [0.2, 0.25) is 5.02 Å². The van der Waals surface area contributed by atoms with Gasteiger partial charge in [0, 0.05) is 12.6 Å². The van der Waals surface area contributed by atoms with Gasteiger partial charge in [0.15, 0.2) is 11.5 Å². The van der Waals surface area contributed by atoms with Crippen molar-refractivity contribution in [2.75, 3.05) is 6.61 Å². The minimum absolute atomic E-state index is 0. The van der Waals surface area contributed by atoms with Gasteiger partial charge in [0.1, 0.15) is 12.4 Å². The molecule has 0 spiro atoms. The summed E-state index contributed by atoms with van der Waals surface area (Å²) in [5.41, 5.74) is 1.84. The smallest absolute Gasteiger partial charge is 0.315 e. The van der Waals surface area contributed by atoms with Gasteiger partial charge in [0.2, 0.25) is 0 Å². The summed E-state index contributed by atoms with van der Waals surface area (Å²) >= 11 is 6.52. The molecular weight excluding hydrogens is 456 g/mol. The van der Waals surface area contributed by atoms with Crippen LogP contribution in [0.3, 0.4) is 0 Å². The van der Waals surface area contributed by atoms with Gasteiger partial charge in [-0.05, 0) is 61.6 Å². The molecule has 2 aromatic rings. The highest BCUT2D eigenvalue weighted by Crippen LogP contribution is 2.37. The minimum Gasteiger partial charge on any atom is -0.490 e. The van der Waals surface area contributed by atoms with E-state index in [4.69, 9.17) is 21.1 Å². The SMILES string of the molecule is CCOc1cc(CNC2CCC3NC(=O)NC3C2)cc(Cl)c1OCc1ccc(F)cc1.Cl. The average Bonchev–Trinajstić information content (AvgIpc) is 3.12. The summed E-state index contributed by atoms with van der Waals surface area (Å²) in [5.74, 6) is 0.787. The maximum atomic E-state index is 13.1. The van der Waals surface area contributed by atoms with Crippen molar-refractivity contribution in [1.29, 1.82) is 0 Å². The molecule has 1 heterocycles. The molecule has 4 rings (SSSR count). The Hall–Kier alpha value is -2.22. The zero-order valence-corrected chi connectivity index (χ0v) is 19.4. The van der Waals surface area contributed by atoms with Crippen molar-refractivity contribution in [2.24, 2.45) is 0 Å². The minimum atomic E-state index is -0.284. The monoisotopic (exact) mass is 483 g/mol. The number of halogens is 3. The maximum Gasteiger partial charge on any atom is 0.315 e. The van der Waals surface area contributed by atoms with Crippen LogP contribution in [0.25, 0.3) is 0 Å². The highest BCUT2D eigenvalue weighted by molar-refractivity contribution is 6.32. The van der Waals surface area contributed by atoms with E-state index in [0.717, 1.165) is 30.4 Å². The number of nitrogens with one attached hydrogen (secondary N) is 3. The molecule has 1 aliphatic carbocycles. The van der Waals surface area contributed by atoms with Crippen LogP contribution in [0, 0.1) is 5.82 Å². The van der Waals surface area contributed by atoms with Crippen LogP contribution in [0.15, 0.2) is 36.4 Å². The molecule has 9 heteroatoms. The van der Waals surface area contributed by atoms with Gasteiger partial charge in [-0.15, -0.1) is 12.4 Å². The van der Waals surface area contributed by atoms with Crippen LogP contribution in [0.1, 0.15) is 37.3 Å². The fraction of sp³-hybridized carbons (Fsp3) is 0.435. The topological polar surface area (TPSA) is 71.6 Å². The van der Waals surface area contributed by atoms with Gasteiger partial charge in [-0.3, -0.25) is 0 Å². The van der Waals surface area contributed by atoms with E-state index in [1.54, 1.807) is 12.1 Å². The second-order valence-electron chi connectivity index (χ2n) is 7.97. The Morgan fingerprint density at radius 3 is 2.59 bits per heavy atom. The summed E-state index contributed by atoms with van der Waals surface area (Å²) in [6.45, 7) is 3.30. The lowest BCUT2D eigenvalue weighted by Crippen LogP contribution is -2.46. The third kappa shape index (κ3) is 5.97. The van der Waals surface area contributed by atoms with Gasteiger partial charge in [0.05, 0.1) is 23.7 Å². The van der Waals surface area contributed by atoms with E-state index in [1.165, 1.54) is 12.1 Å². The van der Waals surface area contributed by atoms with Gasteiger partial charge in [-0.2, -0.15) is 0 Å². The van der Waals surface area contributed by atoms with Crippen molar-refractivity contribution in [1.82, 2.24) is 16.0 Å². The summed E-state index contributed by atoms with van der Waals surface area (Å²) in [4.78, 5) is 11.5. The zero-order valence-electron chi connectivity index (χ0n) is 17.8. The van der Waals surface area contributed by atoms with E-state index in [9.17, 15) is 9.18 Å². The number of carbonyl (C=O) groups excluding carboxylic acids is 1. The first kappa shape index (κ1) is 24.4. The Kier molecular flexibility index (Phi) is 8.45. The van der Waals surface area contributed by atoms with E-state index in [0.29, 0.717) is 35.7 Å². The molecule has 2 amide bonds. The zero-order chi connectivity index (χ0) is 21.8. The molecular formula is C23H28Cl2FN3O3. The Balaban J connectivity index is 0.00000289. The number of hydrogen-bond donors (Lipinski definition) is 3. The predicted molar refractivity (Wildman–Crippen MR) is 124 cm³/mol. The number of ether oxygens (including phenoxy) is 2. The summed E-state index contributed by atoms with van der Waals surface area (Å²) in [5, 5.41) is 10.0.